The molecule has 0 saturated heterocycles. The predicted molar refractivity (Wildman–Crippen MR) is 153 cm³/mol. The van der Waals surface area contributed by atoms with E-state index < -0.39 is 12.0 Å². The van der Waals surface area contributed by atoms with Crippen LogP contribution in [-0.2, 0) is 0 Å². The molecule has 8 nitrogen and oxygen atoms in total. The molecule has 0 spiro atoms. The molecule has 40 heavy (non-hydrogen) atoms. The first kappa shape index (κ1) is 24.5. The van der Waals surface area contributed by atoms with Gasteiger partial charge in [0.15, 0.2) is 0 Å². The highest BCUT2D eigenvalue weighted by Crippen LogP contribution is 2.38. The Labute approximate surface area is 237 Å². The number of nitriles is 1. The molecule has 0 unspecified atom stereocenters. The fourth-order valence-electron chi connectivity index (χ4n) is 4.75. The number of aromatic nitrogens is 5. The number of rotatable bonds is 9. The second-order valence-electron chi connectivity index (χ2n) is 9.69. The first-order valence-electron chi connectivity index (χ1n) is 13.6. The number of fused-ring (bicyclic) bond motifs is 1. The number of nitrogens with zero attached hydrogens (tertiary/aromatic N) is 6. The summed E-state index contributed by atoms with van der Waals surface area (Å²) >= 11 is 6.73. The Hall–Kier alpha value is -4.55. The Bertz CT molecular complexity index is 1770. The van der Waals surface area contributed by atoms with E-state index in [4.69, 9.17) is 11.6 Å². The molecule has 5 aromatic rings. The summed E-state index contributed by atoms with van der Waals surface area (Å²) in [5.74, 6) is -0.799. The molecule has 0 amide bonds. The maximum atomic E-state index is 15.1. The van der Waals surface area contributed by atoms with Gasteiger partial charge in [-0.25, -0.2) is 9.67 Å². The van der Waals surface area contributed by atoms with Crippen LogP contribution in [0.2, 0.25) is 5.02 Å². The zero-order chi connectivity index (χ0) is 28.6. The van der Waals surface area contributed by atoms with E-state index in [1.165, 1.54) is 18.5 Å². The van der Waals surface area contributed by atoms with Gasteiger partial charge in [-0.2, -0.15) is 9.65 Å². The van der Waals surface area contributed by atoms with E-state index in [-0.39, 0.29) is 23.3 Å². The summed E-state index contributed by atoms with van der Waals surface area (Å²) in [4.78, 5) is 8.23. The van der Waals surface area contributed by atoms with Gasteiger partial charge in [0, 0.05) is 29.0 Å². The van der Waals surface area contributed by atoms with Crippen LogP contribution in [0.4, 0.5) is 15.8 Å². The molecule has 3 aromatic heterocycles. The van der Waals surface area contributed by atoms with Gasteiger partial charge in [0.1, 0.15) is 17.8 Å². The summed E-state index contributed by atoms with van der Waals surface area (Å²) in [6, 6.07) is 16.9. The van der Waals surface area contributed by atoms with Crippen molar-refractivity contribution in [2.24, 2.45) is 0 Å². The number of nitrogens with one attached hydrogen (secondary N) is 2. The van der Waals surface area contributed by atoms with Crippen molar-refractivity contribution in [3.63, 3.8) is 0 Å². The van der Waals surface area contributed by atoms with E-state index in [0.29, 0.717) is 32.9 Å². The quantitative estimate of drug-likeness (QED) is 0.190. The second kappa shape index (κ2) is 10.9. The number of halogens is 2. The molecule has 6 rings (SSSR count). The molecule has 200 valence electrons. The van der Waals surface area contributed by atoms with Crippen LogP contribution in [0.5, 0.6) is 0 Å². The van der Waals surface area contributed by atoms with Crippen LogP contribution in [0.15, 0.2) is 73.2 Å². The number of hydrogen-bond acceptors (Lipinski definition) is 7. The highest BCUT2D eigenvalue weighted by atomic mass is 35.5. The van der Waals surface area contributed by atoms with Crippen LogP contribution in [0.25, 0.3) is 10.9 Å². The molecule has 2 aromatic carbocycles. The zero-order valence-corrected chi connectivity index (χ0v) is 22.4. The summed E-state index contributed by atoms with van der Waals surface area (Å²) in [7, 11) is 0. The van der Waals surface area contributed by atoms with Crippen LogP contribution in [0.3, 0.4) is 0 Å². The fourth-order valence-corrected chi connectivity index (χ4v) is 5.02. The summed E-state index contributed by atoms with van der Waals surface area (Å²) in [5, 5.41) is 26.0. The van der Waals surface area contributed by atoms with Crippen molar-refractivity contribution in [1.29, 1.82) is 5.26 Å². The SMILES string of the molecule is [2H][C@](Nc1cc(Cl)c2ncc(C#N)c(N[C@H](CC)c3ccccc3)c2c1)(c1cn(C2CC2)nn1)c1cccnc1F. The lowest BCUT2D eigenvalue weighted by Gasteiger charge is -2.22. The molecule has 0 radical (unpaired) electrons. The minimum absolute atomic E-state index is 0.0172. The Morgan fingerprint density at radius 3 is 2.73 bits per heavy atom. The van der Waals surface area contributed by atoms with Crippen molar-refractivity contribution in [2.45, 2.75) is 44.3 Å². The minimum atomic E-state index is -1.88. The largest absolute Gasteiger partial charge is 0.377 e. The van der Waals surface area contributed by atoms with Gasteiger partial charge in [-0.05, 0) is 43.0 Å². The van der Waals surface area contributed by atoms with E-state index in [0.717, 1.165) is 24.8 Å². The average molecular weight is 554 g/mol. The molecule has 0 bridgehead atoms. The lowest BCUT2D eigenvalue weighted by Crippen LogP contribution is -2.15. The minimum Gasteiger partial charge on any atom is -0.377 e. The summed E-state index contributed by atoms with van der Waals surface area (Å²) in [6.07, 6.45) is 7.22. The predicted octanol–water partition coefficient (Wildman–Crippen LogP) is 6.99. The topological polar surface area (TPSA) is 104 Å². The zero-order valence-electron chi connectivity index (χ0n) is 22.6. The normalized spacial score (nSPS) is 15.6. The van der Waals surface area contributed by atoms with Crippen LogP contribution in [0, 0.1) is 17.3 Å². The van der Waals surface area contributed by atoms with Gasteiger partial charge in [-0.1, -0.05) is 60.1 Å². The van der Waals surface area contributed by atoms with Crippen molar-refractivity contribution in [3.8, 4) is 6.07 Å². The third kappa shape index (κ3) is 5.06. The number of benzene rings is 2. The lowest BCUT2D eigenvalue weighted by molar-refractivity contribution is 0.560. The van der Waals surface area contributed by atoms with Gasteiger partial charge in [0.2, 0.25) is 5.95 Å². The first-order chi connectivity index (χ1) is 19.9. The van der Waals surface area contributed by atoms with Gasteiger partial charge in [-0.15, -0.1) is 5.10 Å². The molecule has 1 saturated carbocycles. The first-order valence-corrected chi connectivity index (χ1v) is 13.4. The molecule has 0 aliphatic heterocycles. The molecular formula is C30H26ClFN8. The molecule has 1 aliphatic carbocycles. The van der Waals surface area contributed by atoms with Crippen molar-refractivity contribution in [2.75, 3.05) is 10.6 Å². The molecule has 2 atom stereocenters. The highest BCUT2D eigenvalue weighted by molar-refractivity contribution is 6.35. The Kier molecular flexibility index (Phi) is 6.68. The molecule has 1 fully saturated rings. The summed E-state index contributed by atoms with van der Waals surface area (Å²) in [6.45, 7) is 2.06. The maximum Gasteiger partial charge on any atom is 0.218 e. The Morgan fingerprint density at radius 2 is 2.00 bits per heavy atom. The van der Waals surface area contributed by atoms with Gasteiger partial charge >= 0.3 is 0 Å². The molecular weight excluding hydrogens is 527 g/mol. The van der Waals surface area contributed by atoms with E-state index in [1.807, 2.05) is 30.3 Å². The molecule has 2 N–H and O–H groups in total. The van der Waals surface area contributed by atoms with Crippen LogP contribution in [0.1, 0.15) is 68.0 Å². The average Bonchev–Trinajstić information content (AvgIpc) is 3.71. The number of pyridine rings is 2. The van der Waals surface area contributed by atoms with Gasteiger partial charge in [0.25, 0.3) is 0 Å². The van der Waals surface area contributed by atoms with E-state index in [9.17, 15) is 6.63 Å². The van der Waals surface area contributed by atoms with E-state index >= 15 is 4.39 Å². The van der Waals surface area contributed by atoms with Crippen LogP contribution >= 0.6 is 11.6 Å². The highest BCUT2D eigenvalue weighted by Gasteiger charge is 2.28. The Balaban J connectivity index is 1.47. The number of hydrogen-bond donors (Lipinski definition) is 2. The lowest BCUT2D eigenvalue weighted by atomic mass is 10.0. The van der Waals surface area contributed by atoms with Crippen LogP contribution in [-0.4, -0.2) is 25.0 Å². The summed E-state index contributed by atoms with van der Waals surface area (Å²) < 4.78 is 26.3. The summed E-state index contributed by atoms with van der Waals surface area (Å²) in [5.41, 5.74) is 3.09. The standard InChI is InChI=1S/C30H26ClFN8/c1-2-25(18-7-4-3-5-8-18)37-27-19(15-33)16-35-28-23(27)13-20(14-24(28)31)36-29(22-9-6-12-34-30(22)32)26-17-40(39-38-26)21-10-11-21/h3-9,12-14,16-17,21,25,29,36H,2,10-11H2,1H3,(H,35,37)/t25-,29-/m1/s1/i29D. The third-order valence-corrected chi connectivity index (χ3v) is 7.25. The van der Waals surface area contributed by atoms with Crippen molar-refractivity contribution in [3.05, 3.63) is 107 Å². The third-order valence-electron chi connectivity index (χ3n) is 6.96. The Morgan fingerprint density at radius 1 is 1.18 bits per heavy atom. The maximum absolute atomic E-state index is 15.1. The van der Waals surface area contributed by atoms with E-state index in [2.05, 4.69) is 43.9 Å². The van der Waals surface area contributed by atoms with Crippen molar-refractivity contribution in [1.82, 2.24) is 25.0 Å². The number of anilines is 2. The van der Waals surface area contributed by atoms with Gasteiger partial charge in [-0.3, -0.25) is 4.98 Å². The fraction of sp³-hybridized carbons (Fsp3) is 0.233. The molecule has 3 heterocycles. The second-order valence-corrected chi connectivity index (χ2v) is 10.1. The van der Waals surface area contributed by atoms with Gasteiger partial charge < -0.3 is 10.6 Å². The van der Waals surface area contributed by atoms with Crippen molar-refractivity contribution < 1.29 is 5.76 Å². The smallest absolute Gasteiger partial charge is 0.218 e. The van der Waals surface area contributed by atoms with E-state index in [1.54, 1.807) is 29.1 Å². The molecule has 1 aliphatic rings. The van der Waals surface area contributed by atoms with Gasteiger partial charge in [0.05, 0.1) is 41.4 Å². The van der Waals surface area contributed by atoms with Crippen LogP contribution < -0.4 is 10.6 Å². The molecule has 10 heteroatoms. The monoisotopic (exact) mass is 553 g/mol. The van der Waals surface area contributed by atoms with Crippen molar-refractivity contribution >= 4 is 33.9 Å².